The van der Waals surface area contributed by atoms with E-state index in [-0.39, 0.29) is 0 Å². The van der Waals surface area contributed by atoms with Gasteiger partial charge >= 0.3 is 0 Å². The summed E-state index contributed by atoms with van der Waals surface area (Å²) in [7, 11) is 0. The predicted octanol–water partition coefficient (Wildman–Crippen LogP) is 4.54. The quantitative estimate of drug-likeness (QED) is 0.666. The molecule has 3 rings (SSSR count). The molecule has 3 aromatic rings. The fourth-order valence-electron chi connectivity index (χ4n) is 2.52. The first-order valence-corrected chi connectivity index (χ1v) is 8.08. The highest BCUT2D eigenvalue weighted by Gasteiger charge is 2.11. The Morgan fingerprint density at radius 1 is 1.00 bits per heavy atom. The van der Waals surface area contributed by atoms with Crippen LogP contribution in [0.1, 0.15) is 19.4 Å². The molecule has 0 bridgehead atoms. The summed E-state index contributed by atoms with van der Waals surface area (Å²) in [5.74, 6) is 1.48. The van der Waals surface area contributed by atoms with Gasteiger partial charge in [0.25, 0.3) is 0 Å². The van der Waals surface area contributed by atoms with Crippen LogP contribution in [-0.4, -0.2) is 22.8 Å². The van der Waals surface area contributed by atoms with Gasteiger partial charge in [-0.1, -0.05) is 23.7 Å². The second-order valence-corrected chi connectivity index (χ2v) is 5.59. The van der Waals surface area contributed by atoms with Crippen molar-refractivity contribution in [3.05, 3.63) is 53.3 Å². The lowest BCUT2D eigenvalue weighted by Gasteiger charge is -2.12. The van der Waals surface area contributed by atoms with Crippen molar-refractivity contribution in [1.82, 2.24) is 9.55 Å². The van der Waals surface area contributed by atoms with E-state index in [9.17, 15) is 0 Å². The van der Waals surface area contributed by atoms with Crippen LogP contribution >= 0.6 is 11.6 Å². The number of imidazole rings is 1. The van der Waals surface area contributed by atoms with E-state index in [1.54, 1.807) is 0 Å². The monoisotopic (exact) mass is 330 g/mol. The summed E-state index contributed by atoms with van der Waals surface area (Å²) in [5, 5.41) is 0.740. The minimum absolute atomic E-state index is 0.594. The molecule has 1 aromatic heterocycles. The average molecular weight is 331 g/mol. The molecule has 0 aliphatic carbocycles. The fourth-order valence-corrected chi connectivity index (χ4v) is 2.64. The Morgan fingerprint density at radius 3 is 2.30 bits per heavy atom. The van der Waals surface area contributed by atoms with Gasteiger partial charge in [-0.2, -0.15) is 0 Å². The molecule has 0 fully saturated rings. The van der Waals surface area contributed by atoms with Crippen molar-refractivity contribution in [2.24, 2.45) is 0 Å². The van der Waals surface area contributed by atoms with Crippen molar-refractivity contribution in [3.63, 3.8) is 0 Å². The molecule has 5 heteroatoms. The molecule has 120 valence electrons. The molecule has 23 heavy (non-hydrogen) atoms. The maximum Gasteiger partial charge on any atom is 0.163 e. The van der Waals surface area contributed by atoms with Gasteiger partial charge in [-0.3, -0.25) is 0 Å². The van der Waals surface area contributed by atoms with Crippen molar-refractivity contribution < 1.29 is 9.47 Å². The molecule has 0 spiro atoms. The smallest absolute Gasteiger partial charge is 0.163 e. The van der Waals surface area contributed by atoms with Crippen LogP contribution in [0.3, 0.4) is 0 Å². The van der Waals surface area contributed by atoms with E-state index in [2.05, 4.69) is 9.55 Å². The van der Waals surface area contributed by atoms with Crippen LogP contribution in [0.4, 0.5) is 0 Å². The molecule has 0 atom stereocenters. The number of benzene rings is 2. The Labute approximate surface area is 140 Å². The van der Waals surface area contributed by atoms with Crippen molar-refractivity contribution in [1.29, 1.82) is 0 Å². The fraction of sp³-hybridized carbons (Fsp3) is 0.278. The van der Waals surface area contributed by atoms with Crippen molar-refractivity contribution in [3.8, 4) is 11.5 Å². The summed E-state index contributed by atoms with van der Waals surface area (Å²) in [6.07, 6.45) is 1.84. The molecule has 0 saturated carbocycles. The molecular formula is C18H19ClN2O2. The zero-order chi connectivity index (χ0) is 16.2. The molecule has 1 heterocycles. The Kier molecular flexibility index (Phi) is 4.72. The van der Waals surface area contributed by atoms with Crippen LogP contribution in [0.5, 0.6) is 11.5 Å². The third kappa shape index (κ3) is 3.42. The van der Waals surface area contributed by atoms with Gasteiger partial charge in [0, 0.05) is 23.7 Å². The maximum absolute atomic E-state index is 5.94. The van der Waals surface area contributed by atoms with Crippen LogP contribution in [0.25, 0.3) is 11.0 Å². The summed E-state index contributed by atoms with van der Waals surface area (Å²) in [4.78, 5) is 4.48. The lowest BCUT2D eigenvalue weighted by Crippen LogP contribution is -2.00. The van der Waals surface area contributed by atoms with E-state index in [0.29, 0.717) is 13.2 Å². The van der Waals surface area contributed by atoms with Gasteiger partial charge < -0.3 is 14.0 Å². The minimum atomic E-state index is 0.594. The number of rotatable bonds is 6. The molecule has 0 aliphatic rings. The zero-order valence-corrected chi connectivity index (χ0v) is 14.0. The summed E-state index contributed by atoms with van der Waals surface area (Å²) in [6, 6.07) is 11.8. The largest absolute Gasteiger partial charge is 0.490 e. The van der Waals surface area contributed by atoms with Gasteiger partial charge in [0.1, 0.15) is 0 Å². The van der Waals surface area contributed by atoms with E-state index in [4.69, 9.17) is 21.1 Å². The van der Waals surface area contributed by atoms with Crippen LogP contribution in [0, 0.1) is 0 Å². The summed E-state index contributed by atoms with van der Waals surface area (Å²) in [5.41, 5.74) is 3.08. The Hall–Kier alpha value is -2.20. The van der Waals surface area contributed by atoms with Crippen LogP contribution in [0.2, 0.25) is 5.02 Å². The Balaban J connectivity index is 1.98. The van der Waals surface area contributed by atoms with E-state index in [1.807, 2.05) is 56.6 Å². The van der Waals surface area contributed by atoms with Crippen molar-refractivity contribution in [2.75, 3.05) is 13.2 Å². The topological polar surface area (TPSA) is 36.3 Å². The van der Waals surface area contributed by atoms with E-state index < -0.39 is 0 Å². The van der Waals surface area contributed by atoms with Gasteiger partial charge in [-0.15, -0.1) is 0 Å². The minimum Gasteiger partial charge on any atom is -0.490 e. The first-order chi connectivity index (χ1) is 11.2. The standard InChI is InChI=1S/C18H19ClN2O2/c1-3-22-17-9-15-16(10-18(17)23-4-2)21(12-20-15)11-13-5-7-14(19)8-6-13/h5-10,12H,3-4,11H2,1-2H3. The van der Waals surface area contributed by atoms with Crippen molar-refractivity contribution in [2.45, 2.75) is 20.4 Å². The number of halogens is 1. The first-order valence-electron chi connectivity index (χ1n) is 7.70. The van der Waals surface area contributed by atoms with Gasteiger partial charge in [0.15, 0.2) is 11.5 Å². The average Bonchev–Trinajstić information content (AvgIpc) is 2.92. The van der Waals surface area contributed by atoms with Crippen LogP contribution in [-0.2, 0) is 6.54 Å². The number of nitrogens with zero attached hydrogens (tertiary/aromatic N) is 2. The van der Waals surface area contributed by atoms with Gasteiger partial charge in [-0.05, 0) is 31.5 Å². The molecule has 0 saturated heterocycles. The van der Waals surface area contributed by atoms with Gasteiger partial charge in [-0.25, -0.2) is 4.98 Å². The highest BCUT2D eigenvalue weighted by Crippen LogP contribution is 2.32. The first kappa shape index (κ1) is 15.7. The summed E-state index contributed by atoms with van der Waals surface area (Å²) in [6.45, 7) is 5.84. The zero-order valence-electron chi connectivity index (χ0n) is 13.3. The van der Waals surface area contributed by atoms with Gasteiger partial charge in [0.05, 0.1) is 30.6 Å². The Morgan fingerprint density at radius 2 is 1.65 bits per heavy atom. The van der Waals surface area contributed by atoms with Gasteiger partial charge in [0.2, 0.25) is 0 Å². The highest BCUT2D eigenvalue weighted by atomic mass is 35.5. The molecule has 0 radical (unpaired) electrons. The predicted molar refractivity (Wildman–Crippen MR) is 92.6 cm³/mol. The molecule has 0 unspecified atom stereocenters. The number of aromatic nitrogens is 2. The lowest BCUT2D eigenvalue weighted by atomic mass is 10.2. The third-order valence-corrected chi connectivity index (χ3v) is 3.80. The second-order valence-electron chi connectivity index (χ2n) is 5.15. The van der Waals surface area contributed by atoms with Crippen molar-refractivity contribution >= 4 is 22.6 Å². The molecule has 2 aromatic carbocycles. The second kappa shape index (κ2) is 6.92. The number of hydrogen-bond donors (Lipinski definition) is 0. The SMILES string of the molecule is CCOc1cc2ncn(Cc3ccc(Cl)cc3)c2cc1OCC. The Bertz CT molecular complexity index is 797. The third-order valence-electron chi connectivity index (χ3n) is 3.55. The number of ether oxygens (including phenoxy) is 2. The normalized spacial score (nSPS) is 10.9. The van der Waals surface area contributed by atoms with Crippen LogP contribution in [0.15, 0.2) is 42.7 Å². The summed E-state index contributed by atoms with van der Waals surface area (Å²) < 4.78 is 13.4. The highest BCUT2D eigenvalue weighted by molar-refractivity contribution is 6.30. The van der Waals surface area contributed by atoms with E-state index in [0.717, 1.165) is 34.1 Å². The molecular weight excluding hydrogens is 312 g/mol. The summed E-state index contributed by atoms with van der Waals surface area (Å²) >= 11 is 5.94. The van der Waals surface area contributed by atoms with E-state index in [1.165, 1.54) is 5.56 Å². The molecule has 0 N–H and O–H groups in total. The number of hydrogen-bond acceptors (Lipinski definition) is 3. The maximum atomic E-state index is 5.94. The van der Waals surface area contributed by atoms with E-state index >= 15 is 0 Å². The molecule has 0 aliphatic heterocycles. The lowest BCUT2D eigenvalue weighted by molar-refractivity contribution is 0.288. The number of fused-ring (bicyclic) bond motifs is 1. The van der Waals surface area contributed by atoms with Crippen LogP contribution < -0.4 is 9.47 Å². The molecule has 0 amide bonds. The molecule has 4 nitrogen and oxygen atoms in total.